The van der Waals surface area contributed by atoms with Gasteiger partial charge in [0.1, 0.15) is 0 Å². The second kappa shape index (κ2) is 5.08. The maximum atomic E-state index is 12.5. The van der Waals surface area contributed by atoms with E-state index in [-0.39, 0.29) is 11.9 Å². The standard InChI is InChI=1S/C16H28N2O/c1-16(2)8-4-6-12(9-16)18-15(19)14-13-7-3-5-11(13)10-17-14/h11-14,17H,3-10H2,1-2H3,(H,18,19). The summed E-state index contributed by atoms with van der Waals surface area (Å²) in [4.78, 5) is 12.5. The van der Waals surface area contributed by atoms with Crippen molar-refractivity contribution >= 4 is 5.91 Å². The van der Waals surface area contributed by atoms with Crippen LogP contribution >= 0.6 is 0 Å². The lowest BCUT2D eigenvalue weighted by atomic mass is 9.75. The van der Waals surface area contributed by atoms with Crippen LogP contribution in [0.4, 0.5) is 0 Å². The lowest BCUT2D eigenvalue weighted by molar-refractivity contribution is -0.125. The molecular formula is C16H28N2O. The smallest absolute Gasteiger partial charge is 0.237 e. The predicted molar refractivity (Wildman–Crippen MR) is 76.8 cm³/mol. The maximum absolute atomic E-state index is 12.5. The summed E-state index contributed by atoms with van der Waals surface area (Å²) in [5.74, 6) is 1.65. The summed E-state index contributed by atoms with van der Waals surface area (Å²) in [5, 5.41) is 6.78. The Morgan fingerprint density at radius 1 is 1.21 bits per heavy atom. The summed E-state index contributed by atoms with van der Waals surface area (Å²) in [5.41, 5.74) is 0.398. The normalized spacial score (nSPS) is 40.9. The van der Waals surface area contributed by atoms with Gasteiger partial charge in [0, 0.05) is 6.04 Å². The summed E-state index contributed by atoms with van der Waals surface area (Å²) < 4.78 is 0. The fourth-order valence-electron chi connectivity index (χ4n) is 4.59. The molecule has 3 heteroatoms. The van der Waals surface area contributed by atoms with Gasteiger partial charge in [0.2, 0.25) is 5.91 Å². The Morgan fingerprint density at radius 3 is 2.84 bits per heavy atom. The van der Waals surface area contributed by atoms with Gasteiger partial charge < -0.3 is 10.6 Å². The molecule has 2 saturated carbocycles. The fourth-order valence-corrected chi connectivity index (χ4v) is 4.59. The third-order valence-corrected chi connectivity index (χ3v) is 5.58. The van der Waals surface area contributed by atoms with Gasteiger partial charge in [0.05, 0.1) is 6.04 Å². The van der Waals surface area contributed by atoms with Gasteiger partial charge in [-0.3, -0.25) is 4.79 Å². The Labute approximate surface area is 116 Å². The van der Waals surface area contributed by atoms with Crippen molar-refractivity contribution in [2.45, 2.75) is 70.9 Å². The number of carbonyl (C=O) groups is 1. The third kappa shape index (κ3) is 2.81. The van der Waals surface area contributed by atoms with Gasteiger partial charge in [-0.1, -0.05) is 26.7 Å². The zero-order valence-corrected chi connectivity index (χ0v) is 12.4. The van der Waals surface area contributed by atoms with Crippen molar-refractivity contribution in [3.63, 3.8) is 0 Å². The van der Waals surface area contributed by atoms with E-state index in [4.69, 9.17) is 0 Å². The van der Waals surface area contributed by atoms with Crippen LogP contribution in [0, 0.1) is 17.3 Å². The lowest BCUT2D eigenvalue weighted by Crippen LogP contribution is -2.49. The third-order valence-electron chi connectivity index (χ3n) is 5.58. The molecule has 1 amide bonds. The highest BCUT2D eigenvalue weighted by Crippen LogP contribution is 2.38. The van der Waals surface area contributed by atoms with E-state index in [1.165, 1.54) is 32.1 Å². The maximum Gasteiger partial charge on any atom is 0.237 e. The molecule has 3 aliphatic rings. The number of hydrogen-bond acceptors (Lipinski definition) is 2. The first-order chi connectivity index (χ1) is 9.05. The minimum Gasteiger partial charge on any atom is -0.352 e. The largest absolute Gasteiger partial charge is 0.352 e. The molecule has 3 nitrogen and oxygen atoms in total. The molecule has 1 saturated heterocycles. The van der Waals surface area contributed by atoms with Crippen molar-refractivity contribution in [2.24, 2.45) is 17.3 Å². The Bertz CT molecular complexity index is 353. The summed E-state index contributed by atoms with van der Waals surface area (Å²) in [7, 11) is 0. The molecule has 108 valence electrons. The van der Waals surface area contributed by atoms with Gasteiger partial charge in [0.25, 0.3) is 0 Å². The molecule has 0 bridgehead atoms. The summed E-state index contributed by atoms with van der Waals surface area (Å²) in [6, 6.07) is 0.496. The van der Waals surface area contributed by atoms with Crippen LogP contribution in [-0.2, 0) is 4.79 Å². The van der Waals surface area contributed by atoms with Gasteiger partial charge in [0.15, 0.2) is 0 Å². The van der Waals surface area contributed by atoms with Crippen molar-refractivity contribution in [3.05, 3.63) is 0 Å². The van der Waals surface area contributed by atoms with Crippen LogP contribution in [-0.4, -0.2) is 24.5 Å². The highest BCUT2D eigenvalue weighted by molar-refractivity contribution is 5.82. The highest BCUT2D eigenvalue weighted by atomic mass is 16.2. The predicted octanol–water partition coefficient (Wildman–Crippen LogP) is 2.46. The molecule has 3 rings (SSSR count). The molecule has 4 unspecified atom stereocenters. The minimum atomic E-state index is 0.0949. The lowest BCUT2D eigenvalue weighted by Gasteiger charge is -2.36. The molecule has 4 atom stereocenters. The van der Waals surface area contributed by atoms with Crippen molar-refractivity contribution in [1.29, 1.82) is 0 Å². The van der Waals surface area contributed by atoms with Gasteiger partial charge >= 0.3 is 0 Å². The Morgan fingerprint density at radius 2 is 2.05 bits per heavy atom. The minimum absolute atomic E-state index is 0.0949. The van der Waals surface area contributed by atoms with E-state index >= 15 is 0 Å². The number of fused-ring (bicyclic) bond motifs is 1. The first-order valence-electron chi connectivity index (χ1n) is 8.09. The molecule has 0 spiro atoms. The fraction of sp³-hybridized carbons (Fsp3) is 0.938. The number of hydrogen-bond donors (Lipinski definition) is 2. The average Bonchev–Trinajstić information content (AvgIpc) is 2.88. The summed E-state index contributed by atoms with van der Waals surface area (Å²) in [6.45, 7) is 5.71. The van der Waals surface area contributed by atoms with E-state index in [1.807, 2.05) is 0 Å². The summed E-state index contributed by atoms with van der Waals surface area (Å²) >= 11 is 0. The van der Waals surface area contributed by atoms with Gasteiger partial charge in [-0.2, -0.15) is 0 Å². The molecule has 1 aliphatic heterocycles. The Balaban J connectivity index is 1.56. The van der Waals surface area contributed by atoms with Crippen molar-refractivity contribution in [1.82, 2.24) is 10.6 Å². The molecule has 0 radical (unpaired) electrons. The van der Waals surface area contributed by atoms with Gasteiger partial charge in [-0.15, -0.1) is 0 Å². The first-order valence-corrected chi connectivity index (χ1v) is 8.09. The molecule has 0 aromatic carbocycles. The molecule has 19 heavy (non-hydrogen) atoms. The number of rotatable bonds is 2. The number of carbonyl (C=O) groups excluding carboxylic acids is 1. The molecule has 1 heterocycles. The Kier molecular flexibility index (Phi) is 3.59. The average molecular weight is 264 g/mol. The van der Waals surface area contributed by atoms with E-state index in [0.29, 0.717) is 17.4 Å². The van der Waals surface area contributed by atoms with E-state index < -0.39 is 0 Å². The molecule has 0 aromatic rings. The second-order valence-corrected chi connectivity index (χ2v) is 7.71. The second-order valence-electron chi connectivity index (χ2n) is 7.71. The summed E-state index contributed by atoms with van der Waals surface area (Å²) in [6.07, 6.45) is 8.73. The number of nitrogens with one attached hydrogen (secondary N) is 2. The molecule has 3 fully saturated rings. The SMILES string of the molecule is CC1(C)CCCC(NC(=O)C2NCC3CCCC32)C1. The van der Waals surface area contributed by atoms with Crippen LogP contribution in [0.2, 0.25) is 0 Å². The first kappa shape index (κ1) is 13.4. The Hall–Kier alpha value is -0.570. The van der Waals surface area contributed by atoms with Crippen LogP contribution in [0.25, 0.3) is 0 Å². The topological polar surface area (TPSA) is 41.1 Å². The van der Waals surface area contributed by atoms with Crippen molar-refractivity contribution < 1.29 is 4.79 Å². The van der Waals surface area contributed by atoms with Crippen LogP contribution < -0.4 is 10.6 Å². The quantitative estimate of drug-likeness (QED) is 0.804. The zero-order chi connectivity index (χ0) is 13.5. The molecule has 0 aromatic heterocycles. The number of amides is 1. The van der Waals surface area contributed by atoms with Gasteiger partial charge in [-0.25, -0.2) is 0 Å². The van der Waals surface area contributed by atoms with E-state index in [9.17, 15) is 4.79 Å². The van der Waals surface area contributed by atoms with Crippen molar-refractivity contribution in [3.8, 4) is 0 Å². The van der Waals surface area contributed by atoms with Crippen molar-refractivity contribution in [2.75, 3.05) is 6.54 Å². The monoisotopic (exact) mass is 264 g/mol. The molecular weight excluding hydrogens is 236 g/mol. The highest BCUT2D eigenvalue weighted by Gasteiger charge is 2.43. The molecule has 2 N–H and O–H groups in total. The van der Waals surface area contributed by atoms with Gasteiger partial charge in [-0.05, 0) is 55.9 Å². The van der Waals surface area contributed by atoms with E-state index in [0.717, 1.165) is 25.3 Å². The van der Waals surface area contributed by atoms with Crippen LogP contribution in [0.3, 0.4) is 0 Å². The van der Waals surface area contributed by atoms with Crippen LogP contribution in [0.15, 0.2) is 0 Å². The van der Waals surface area contributed by atoms with Crippen LogP contribution in [0.1, 0.15) is 58.8 Å². The van der Waals surface area contributed by atoms with Crippen LogP contribution in [0.5, 0.6) is 0 Å². The van der Waals surface area contributed by atoms with E-state index in [2.05, 4.69) is 24.5 Å². The zero-order valence-electron chi connectivity index (χ0n) is 12.4. The van der Waals surface area contributed by atoms with E-state index in [1.54, 1.807) is 0 Å². The molecule has 2 aliphatic carbocycles.